The number of phosphoric acid groups is 2. The van der Waals surface area contributed by atoms with Crippen molar-refractivity contribution in [2.45, 2.75) is 122 Å². The summed E-state index contributed by atoms with van der Waals surface area (Å²) >= 11 is 0. The number of hydrogen-bond acceptors (Lipinski definition) is 23. The van der Waals surface area contributed by atoms with Gasteiger partial charge in [0.2, 0.25) is 29.6 Å². The van der Waals surface area contributed by atoms with Crippen molar-refractivity contribution in [3.63, 3.8) is 0 Å². The van der Waals surface area contributed by atoms with Crippen LogP contribution in [0.25, 0.3) is 22.3 Å². The van der Waals surface area contributed by atoms with Crippen LogP contribution in [-0.4, -0.2) is 184 Å². The number of fused-ring (bicyclic) bond motifs is 4. The highest BCUT2D eigenvalue weighted by Gasteiger charge is 2.57. The third kappa shape index (κ3) is 15.7. The van der Waals surface area contributed by atoms with Gasteiger partial charge in [-0.15, -0.1) is 0 Å². The van der Waals surface area contributed by atoms with Crippen LogP contribution in [-0.2, 0) is 74.5 Å². The van der Waals surface area contributed by atoms with Crippen LogP contribution < -0.4 is 32.8 Å². The number of anilines is 2. The Hall–Kier alpha value is -4.77. The molecule has 0 saturated carbocycles. The number of aromatic nitrogens is 8. The first-order valence-electron chi connectivity index (χ1n) is 25.8. The molecule has 7 rings (SSSR count). The summed E-state index contributed by atoms with van der Waals surface area (Å²) < 4.78 is 95.9. The number of rotatable bonds is 23. The second-order valence-electron chi connectivity index (χ2n) is 21.0. The second-order valence-corrected chi connectivity index (χ2v) is 28.6. The minimum atomic E-state index is -5.36. The molecule has 3 aliphatic heterocycles. The van der Waals surface area contributed by atoms with Crippen LogP contribution in [0.5, 0.6) is 0 Å². The molecule has 3 aliphatic rings. The number of ether oxygens (including phenoxy) is 6. The van der Waals surface area contributed by atoms with Gasteiger partial charge in [0.05, 0.1) is 78.7 Å². The fourth-order valence-electron chi connectivity index (χ4n) is 8.07. The molecule has 0 spiro atoms. The lowest BCUT2D eigenvalue weighted by molar-refractivity contribution is -0.124. The molecule has 32 nitrogen and oxygen atoms in total. The van der Waals surface area contributed by atoms with Gasteiger partial charge in [-0.3, -0.25) is 71.8 Å². The van der Waals surface area contributed by atoms with Gasteiger partial charge in [-0.2, -0.15) is 9.97 Å². The first kappa shape index (κ1) is 62.8. The molecular weight excluding hydrogens is 1120 g/mol. The Morgan fingerprint density at radius 1 is 0.738 bits per heavy atom. The van der Waals surface area contributed by atoms with Gasteiger partial charge in [-0.1, -0.05) is 48.5 Å². The van der Waals surface area contributed by atoms with Crippen LogP contribution in [0.15, 0.2) is 22.2 Å². The average molecular weight is 1190 g/mol. The summed E-state index contributed by atoms with van der Waals surface area (Å²) in [6, 6.07) is -1.53. The van der Waals surface area contributed by atoms with E-state index in [4.69, 9.17) is 56.7 Å². The van der Waals surface area contributed by atoms with E-state index in [0.29, 0.717) is 33.0 Å². The van der Waals surface area contributed by atoms with Crippen LogP contribution in [0, 0.1) is 11.8 Å². The number of nitrogens with zero attached hydrogens (tertiary/aromatic N) is 6. The molecule has 0 bridgehead atoms. The first-order valence-corrected chi connectivity index (χ1v) is 31.7. The first-order chi connectivity index (χ1) is 37.7. The highest BCUT2D eigenvalue weighted by Crippen LogP contribution is 2.55. The molecule has 3 saturated heterocycles. The predicted molar refractivity (Wildman–Crippen MR) is 283 cm³/mol. The maximum absolute atomic E-state index is 14.4. The van der Waals surface area contributed by atoms with E-state index >= 15 is 0 Å². The van der Waals surface area contributed by atoms with Crippen LogP contribution in [0.4, 0.5) is 11.9 Å². The number of phosphoric ester groups is 2. The monoisotopic (exact) mass is 1190 g/mol. The Kier molecular flexibility index (Phi) is 20.9. The molecule has 4 aromatic heterocycles. The standard InChI is InChI=1S/C45H72N12O20P2Si/c1-24(2)37(59)52-43-50-35-30(39(61)54-43)47-22-56(35)41-29(49-28(58)10-12-67-14-16-69-18-19-70-17-15-68-13-11-46)32-26(73-41)20-71-79(65,66)76-33-27(21-72-78(63,64)75-32)74-42(34(33)77-80(8,9)45(5,6)7)57-23-48-31-36(57)51-44(55-40(31)62)53-38(60)25(3)4/h22-27,29,32-34,41-42H,10-21,46H2,1-9H3,(H,49,58)(H,63,64)(H,65,66)(H2,50,52,54,59,61)(H2,51,53,55,60,62)/t26-,27-,29?,32+,33+,34?,41-,42-/m1/s1. The normalized spacial score (nSPS) is 26.8. The Morgan fingerprint density at radius 3 is 1.65 bits per heavy atom. The number of nitrogens with one attached hydrogen (secondary N) is 5. The zero-order valence-electron chi connectivity index (χ0n) is 45.8. The Labute approximate surface area is 459 Å². The zero-order chi connectivity index (χ0) is 58.3. The number of H-pyrrole nitrogens is 2. The Morgan fingerprint density at radius 2 is 1.18 bits per heavy atom. The number of carbonyl (C=O) groups is 3. The highest BCUT2D eigenvalue weighted by molar-refractivity contribution is 7.47. The Balaban J connectivity index is 1.17. The third-order valence-electron chi connectivity index (χ3n) is 13.3. The lowest BCUT2D eigenvalue weighted by Crippen LogP contribution is -2.49. The summed E-state index contributed by atoms with van der Waals surface area (Å²) in [5, 5.41) is 7.30. The summed E-state index contributed by atoms with van der Waals surface area (Å²) in [4.78, 5) is 111. The summed E-state index contributed by atoms with van der Waals surface area (Å²) in [5.41, 5.74) is 3.19. The Bertz CT molecular complexity index is 3020. The molecule has 4 aromatic rings. The van der Waals surface area contributed by atoms with Gasteiger partial charge in [0.1, 0.15) is 36.6 Å². The molecule has 9 N–H and O–H groups in total. The largest absolute Gasteiger partial charge is 0.472 e. The van der Waals surface area contributed by atoms with Crippen molar-refractivity contribution < 1.29 is 84.2 Å². The van der Waals surface area contributed by atoms with Crippen molar-refractivity contribution in [2.75, 3.05) is 83.2 Å². The minimum Gasteiger partial charge on any atom is -0.407 e. The smallest absolute Gasteiger partial charge is 0.407 e. The fraction of sp³-hybridized carbons (Fsp3) is 0.711. The molecule has 7 heterocycles. The van der Waals surface area contributed by atoms with Crippen LogP contribution >= 0.6 is 15.6 Å². The van der Waals surface area contributed by atoms with Crippen molar-refractivity contribution in [1.29, 1.82) is 0 Å². The highest BCUT2D eigenvalue weighted by atomic mass is 31.2. The lowest BCUT2D eigenvalue weighted by Gasteiger charge is -2.40. The van der Waals surface area contributed by atoms with Gasteiger partial charge in [0, 0.05) is 24.8 Å². The van der Waals surface area contributed by atoms with Gasteiger partial charge in [-0.25, -0.2) is 19.1 Å². The van der Waals surface area contributed by atoms with E-state index in [0.717, 1.165) is 6.33 Å². The topological polar surface area (TPSA) is 417 Å². The molecule has 0 aromatic carbocycles. The number of nitrogens with two attached hydrogens (primary N) is 1. The van der Waals surface area contributed by atoms with Gasteiger partial charge in [-0.05, 0) is 18.1 Å². The van der Waals surface area contributed by atoms with Crippen molar-refractivity contribution in [3.8, 4) is 0 Å². The van der Waals surface area contributed by atoms with E-state index in [1.54, 1.807) is 27.7 Å². The van der Waals surface area contributed by atoms with Crippen molar-refractivity contribution >= 4 is 75.9 Å². The fourth-order valence-corrected chi connectivity index (χ4v) is 11.3. The molecule has 4 unspecified atom stereocenters. The van der Waals surface area contributed by atoms with E-state index in [9.17, 15) is 42.9 Å². The predicted octanol–water partition coefficient (Wildman–Crippen LogP) is 1.55. The van der Waals surface area contributed by atoms with Crippen LogP contribution in [0.2, 0.25) is 18.1 Å². The summed E-state index contributed by atoms with van der Waals surface area (Å²) in [7, 11) is -13.6. The van der Waals surface area contributed by atoms with Crippen molar-refractivity contribution in [1.82, 2.24) is 44.4 Å². The average Bonchev–Trinajstić information content (AvgIpc) is 4.27. The maximum atomic E-state index is 14.4. The molecule has 446 valence electrons. The minimum absolute atomic E-state index is 0.0998. The van der Waals surface area contributed by atoms with E-state index in [1.807, 2.05) is 33.9 Å². The quantitative estimate of drug-likeness (QED) is 0.0297. The number of imidazole rings is 2. The lowest BCUT2D eigenvalue weighted by atomic mass is 10.1. The zero-order valence-corrected chi connectivity index (χ0v) is 48.6. The van der Waals surface area contributed by atoms with E-state index in [-0.39, 0.29) is 67.1 Å². The molecule has 35 heteroatoms. The van der Waals surface area contributed by atoms with Gasteiger partial charge >= 0.3 is 15.6 Å². The maximum Gasteiger partial charge on any atom is 0.472 e. The molecule has 0 aliphatic carbocycles. The van der Waals surface area contributed by atoms with Crippen molar-refractivity contribution in [2.24, 2.45) is 17.6 Å². The molecular formula is C45H72N12O20P2Si. The molecule has 0 radical (unpaired) electrons. The molecule has 3 amide bonds. The van der Waals surface area contributed by atoms with E-state index in [2.05, 4.69) is 45.9 Å². The SMILES string of the molecule is CC(C)C(=O)Nc1nc2c(ncn2[C@@H]2O[C@@H]3COP(=O)(O)O[C@@H]4C(O[Si](C)(C)C(C)(C)C)[C@H](n5cnc6c(=O)[nH]c(NC(=O)C(C)C)nc65)O[C@@H]4COP(=O)(O)O[C@@H]3C2NC(=O)CCOCCOCCOCCOCCN)c(=O)[nH]1. The van der Waals surface area contributed by atoms with E-state index in [1.165, 1.54) is 15.5 Å². The second kappa shape index (κ2) is 26.6. The third-order valence-corrected chi connectivity index (χ3v) is 19.7. The molecule has 80 heavy (non-hydrogen) atoms. The van der Waals surface area contributed by atoms with Gasteiger partial charge in [0.25, 0.3) is 11.1 Å². The van der Waals surface area contributed by atoms with Crippen LogP contribution in [0.3, 0.4) is 0 Å². The van der Waals surface area contributed by atoms with Crippen LogP contribution in [0.1, 0.15) is 67.3 Å². The van der Waals surface area contributed by atoms with Crippen molar-refractivity contribution in [3.05, 3.63) is 33.4 Å². The summed E-state index contributed by atoms with van der Waals surface area (Å²) in [6.07, 6.45) is -8.83. The number of carbonyl (C=O) groups excluding carboxylic acids is 3. The van der Waals surface area contributed by atoms with Gasteiger partial charge < -0.3 is 53.7 Å². The summed E-state index contributed by atoms with van der Waals surface area (Å²) in [6.45, 7) is 16.6. The summed E-state index contributed by atoms with van der Waals surface area (Å²) in [5.74, 6) is -3.14. The number of aromatic amines is 2. The molecule has 3 fully saturated rings. The number of hydrogen-bond donors (Lipinski definition) is 8. The van der Waals surface area contributed by atoms with E-state index < -0.39 is 132 Å². The number of amides is 3. The van der Waals surface area contributed by atoms with Gasteiger partial charge in [0.15, 0.2) is 43.1 Å². The molecule has 10 atom stereocenters.